The number of non-ortho nitro benzene ring substituents is 1. The van der Waals surface area contributed by atoms with Crippen molar-refractivity contribution < 1.29 is 52.9 Å². The van der Waals surface area contributed by atoms with E-state index >= 15 is 4.79 Å². The van der Waals surface area contributed by atoms with Gasteiger partial charge in [0.2, 0.25) is 11.7 Å². The number of methoxy groups -OCH3 is 1. The standard InChI is InChI=1S/C58H60FN3O11/c1-3-31-70-58-54(61(36-40-15-20-44(59)21-16-40)55(66)28-19-39-17-22-45(23-18-39)62(67)68)35-51(60-71-38-41-11-5-4-6-12-41)49-33-42(13-7-9-29-63)48(14-8-10-30-64)56(57(49)58)50-34-47(25-27-53(50)73-58)72-46-24-26-52(69-2)43(32-46)37-65/h3-6,11-12,15-28,32-34,37,42,48,54,56-57,63-64H,1,7-10,13-14,29-31,35-36,38H2,2H3/t42-,48+,54-,56+,57+,58+/m0/s1. The number of carbonyl (C=O) groups is 2. The minimum Gasteiger partial charge on any atom is -0.496 e. The van der Waals surface area contributed by atoms with Crippen LogP contribution < -0.4 is 14.2 Å². The zero-order chi connectivity index (χ0) is 51.3. The third-order valence-corrected chi connectivity index (χ3v) is 13.9. The normalized spacial score (nSPS) is 21.3. The zero-order valence-corrected chi connectivity index (χ0v) is 40.7. The van der Waals surface area contributed by atoms with Crippen LogP contribution in [0.15, 0.2) is 151 Å². The number of unbranched alkanes of at least 4 members (excludes halogenated alkanes) is 2. The number of amides is 1. The van der Waals surface area contributed by atoms with Crippen molar-refractivity contribution in [2.75, 3.05) is 26.9 Å². The summed E-state index contributed by atoms with van der Waals surface area (Å²) in [6.07, 6.45) is 11.7. The average Bonchev–Trinajstić information content (AvgIpc) is 3.41. The first-order chi connectivity index (χ1) is 35.6. The van der Waals surface area contributed by atoms with E-state index in [2.05, 4.69) is 12.7 Å². The number of nitrogens with zero attached hydrogens (tertiary/aromatic N) is 3. The lowest BCUT2D eigenvalue weighted by Gasteiger charge is -2.60. The van der Waals surface area contributed by atoms with Crippen molar-refractivity contribution in [3.63, 3.8) is 0 Å². The van der Waals surface area contributed by atoms with Gasteiger partial charge in [-0.3, -0.25) is 19.7 Å². The van der Waals surface area contributed by atoms with Crippen LogP contribution in [0.25, 0.3) is 6.08 Å². The maximum atomic E-state index is 15.2. The van der Waals surface area contributed by atoms with Crippen LogP contribution in [0.3, 0.4) is 0 Å². The smallest absolute Gasteiger partial charge is 0.269 e. The van der Waals surface area contributed by atoms with Gasteiger partial charge in [-0.25, -0.2) is 4.39 Å². The Morgan fingerprint density at radius 1 is 0.932 bits per heavy atom. The van der Waals surface area contributed by atoms with Gasteiger partial charge < -0.3 is 38.9 Å². The number of hydrogen-bond donors (Lipinski definition) is 2. The highest BCUT2D eigenvalue weighted by atomic mass is 19.1. The molecule has 14 nitrogen and oxygen atoms in total. The topological polar surface area (TPSA) is 179 Å². The lowest BCUT2D eigenvalue weighted by Crippen LogP contribution is -2.70. The van der Waals surface area contributed by atoms with Gasteiger partial charge in [-0.15, -0.1) is 6.58 Å². The largest absolute Gasteiger partial charge is 0.496 e. The molecule has 0 unspecified atom stereocenters. The molecule has 3 aliphatic rings. The van der Waals surface area contributed by atoms with Crippen molar-refractivity contribution in [1.82, 2.24) is 4.90 Å². The molecule has 1 fully saturated rings. The molecule has 1 heterocycles. The molecule has 380 valence electrons. The van der Waals surface area contributed by atoms with Crippen LogP contribution in [0, 0.1) is 33.7 Å². The molecular weight excluding hydrogens is 934 g/mol. The van der Waals surface area contributed by atoms with Gasteiger partial charge in [0.15, 0.2) is 6.29 Å². The number of hydrogen-bond acceptors (Lipinski definition) is 12. The fourth-order valence-corrected chi connectivity index (χ4v) is 10.6. The Bertz CT molecular complexity index is 2820. The van der Waals surface area contributed by atoms with Gasteiger partial charge >= 0.3 is 0 Å². The van der Waals surface area contributed by atoms with Crippen molar-refractivity contribution in [2.24, 2.45) is 22.9 Å². The molecule has 6 atom stereocenters. The number of ether oxygens (including phenoxy) is 4. The quantitative estimate of drug-likeness (QED) is 0.0150. The Morgan fingerprint density at radius 3 is 2.36 bits per heavy atom. The number of fused-ring (bicyclic) bond motifs is 2. The molecule has 1 aliphatic heterocycles. The maximum Gasteiger partial charge on any atom is 0.269 e. The van der Waals surface area contributed by atoms with E-state index in [-0.39, 0.29) is 56.9 Å². The van der Waals surface area contributed by atoms with Crippen LogP contribution in [0.2, 0.25) is 0 Å². The highest BCUT2D eigenvalue weighted by molar-refractivity contribution is 6.03. The van der Waals surface area contributed by atoms with Gasteiger partial charge in [0, 0.05) is 55.9 Å². The third kappa shape index (κ3) is 11.9. The SMILES string of the molecule is C=CCO[C@@]12Oc3ccc(Oc4ccc(OC)c(C=O)c4)cc3[C@H]3[C@H](CCCCO)[C@@H](CCCCO)C=C(C(=NOCc4ccccc4)C[C@@H]1N(Cc1ccc(F)cc1)C(=O)C=Cc1ccc([N+](=O)[O-])cc1)[C@H]32. The number of nitro benzene ring substituents is 1. The van der Waals surface area contributed by atoms with Crippen molar-refractivity contribution in [2.45, 2.75) is 75.8 Å². The Morgan fingerprint density at radius 2 is 1.66 bits per heavy atom. The van der Waals surface area contributed by atoms with Crippen molar-refractivity contribution >= 4 is 29.7 Å². The first-order valence-corrected chi connectivity index (χ1v) is 24.6. The number of aldehydes is 1. The van der Waals surface area contributed by atoms with Crippen molar-refractivity contribution in [3.8, 4) is 23.0 Å². The van der Waals surface area contributed by atoms with E-state index in [1.807, 2.05) is 42.5 Å². The number of benzene rings is 5. The number of halogens is 1. The highest BCUT2D eigenvalue weighted by Crippen LogP contribution is 2.62. The zero-order valence-electron chi connectivity index (χ0n) is 40.7. The second-order valence-corrected chi connectivity index (χ2v) is 18.4. The third-order valence-electron chi connectivity index (χ3n) is 13.9. The molecule has 0 saturated heterocycles. The molecule has 2 aliphatic carbocycles. The van der Waals surface area contributed by atoms with Crippen LogP contribution in [0.5, 0.6) is 23.0 Å². The molecule has 73 heavy (non-hydrogen) atoms. The minimum atomic E-state index is -1.63. The number of allylic oxidation sites excluding steroid dienone is 1. The van der Waals surface area contributed by atoms with E-state index in [0.29, 0.717) is 77.4 Å². The van der Waals surface area contributed by atoms with Gasteiger partial charge in [-0.2, -0.15) is 0 Å². The molecule has 0 radical (unpaired) electrons. The van der Waals surface area contributed by atoms with Gasteiger partial charge in [-0.1, -0.05) is 72.6 Å². The summed E-state index contributed by atoms with van der Waals surface area (Å²) in [7, 11) is 1.49. The number of oxime groups is 1. The summed E-state index contributed by atoms with van der Waals surface area (Å²) in [4.78, 5) is 46.2. The molecule has 1 amide bonds. The summed E-state index contributed by atoms with van der Waals surface area (Å²) in [5, 5.41) is 36.5. The van der Waals surface area contributed by atoms with Crippen LogP contribution >= 0.6 is 0 Å². The van der Waals surface area contributed by atoms with Crippen LogP contribution in [-0.4, -0.2) is 76.7 Å². The molecule has 5 aromatic carbocycles. The molecule has 1 saturated carbocycles. The Kier molecular flexibility index (Phi) is 17.3. The van der Waals surface area contributed by atoms with E-state index in [9.17, 15) is 29.5 Å². The molecule has 15 heteroatoms. The summed E-state index contributed by atoms with van der Waals surface area (Å²) >= 11 is 0. The Labute approximate surface area is 424 Å². The molecule has 0 bridgehead atoms. The predicted octanol–water partition coefficient (Wildman–Crippen LogP) is 10.9. The highest BCUT2D eigenvalue weighted by Gasteiger charge is 2.65. The molecule has 5 aromatic rings. The van der Waals surface area contributed by atoms with E-state index < -0.39 is 40.3 Å². The van der Waals surface area contributed by atoms with Crippen molar-refractivity contribution in [3.05, 3.63) is 189 Å². The monoisotopic (exact) mass is 993 g/mol. The summed E-state index contributed by atoms with van der Waals surface area (Å²) in [6, 6.07) is 31.0. The van der Waals surface area contributed by atoms with Gasteiger partial charge in [0.05, 0.1) is 35.8 Å². The van der Waals surface area contributed by atoms with Gasteiger partial charge in [-0.05, 0) is 127 Å². The maximum absolute atomic E-state index is 15.2. The average molecular weight is 994 g/mol. The minimum absolute atomic E-state index is 0.0112. The summed E-state index contributed by atoms with van der Waals surface area (Å²) in [6.45, 7) is 4.25. The predicted molar refractivity (Wildman–Crippen MR) is 274 cm³/mol. The van der Waals surface area contributed by atoms with E-state index in [1.165, 1.54) is 37.5 Å². The summed E-state index contributed by atoms with van der Waals surface area (Å²) < 4.78 is 41.0. The van der Waals surface area contributed by atoms with Gasteiger partial charge in [0.25, 0.3) is 5.69 Å². The number of rotatable bonds is 24. The van der Waals surface area contributed by atoms with E-state index in [4.69, 9.17) is 28.9 Å². The lowest BCUT2D eigenvalue weighted by atomic mass is 9.55. The number of carbonyl (C=O) groups excluding carboxylic acids is 2. The number of aliphatic hydroxyl groups excluding tert-OH is 2. The molecule has 8 rings (SSSR count). The Hall–Kier alpha value is -7.46. The van der Waals surface area contributed by atoms with Crippen LogP contribution in [-0.2, 0) is 27.5 Å². The van der Waals surface area contributed by atoms with Crippen LogP contribution in [0.1, 0.15) is 83.5 Å². The second kappa shape index (κ2) is 24.3. The molecular formula is C58H60FN3O11. The first kappa shape index (κ1) is 51.9. The fraction of sp³-hybridized carbons (Fsp3) is 0.328. The fourth-order valence-electron chi connectivity index (χ4n) is 10.6. The van der Waals surface area contributed by atoms with Gasteiger partial charge in [0.1, 0.15) is 41.5 Å². The molecule has 0 spiro atoms. The van der Waals surface area contributed by atoms with E-state index in [1.54, 1.807) is 65.6 Å². The molecule has 0 aromatic heterocycles. The number of nitro groups is 1. The Balaban J connectivity index is 1.34. The summed E-state index contributed by atoms with van der Waals surface area (Å²) in [5.74, 6) is -1.95. The number of aliphatic hydroxyl groups is 2. The second-order valence-electron chi connectivity index (χ2n) is 18.4. The van der Waals surface area contributed by atoms with Crippen LogP contribution in [0.4, 0.5) is 10.1 Å². The first-order valence-electron chi connectivity index (χ1n) is 24.6. The lowest BCUT2D eigenvalue weighted by molar-refractivity contribution is -0.384. The summed E-state index contributed by atoms with van der Waals surface area (Å²) in [5.41, 5.74) is 4.51. The molecule has 2 N–H and O–H groups in total. The van der Waals surface area contributed by atoms with E-state index in [0.717, 1.165) is 29.5 Å². The van der Waals surface area contributed by atoms with Crippen molar-refractivity contribution in [1.29, 1.82) is 0 Å².